The van der Waals surface area contributed by atoms with Gasteiger partial charge in [-0.3, -0.25) is 0 Å². The van der Waals surface area contributed by atoms with Gasteiger partial charge in [0.15, 0.2) is 0 Å². The van der Waals surface area contributed by atoms with Crippen LogP contribution in [-0.4, -0.2) is 28.1 Å². The van der Waals surface area contributed by atoms with Crippen molar-refractivity contribution in [2.24, 2.45) is 0 Å². The van der Waals surface area contributed by atoms with Crippen molar-refractivity contribution in [1.82, 2.24) is 10.0 Å². The Morgan fingerprint density at radius 3 is 2.55 bits per heavy atom. The first kappa shape index (κ1) is 16.9. The average molecular weight is 300 g/mol. The first-order valence-electron chi connectivity index (χ1n) is 6.80. The van der Waals surface area contributed by atoms with Crippen LogP contribution < -0.4 is 14.8 Å². The molecular weight excluding hydrogens is 276 g/mol. The number of hydrogen-bond donors (Lipinski definition) is 2. The van der Waals surface area contributed by atoms with E-state index in [4.69, 9.17) is 4.74 Å². The molecule has 0 amide bonds. The molecule has 20 heavy (non-hydrogen) atoms. The van der Waals surface area contributed by atoms with Gasteiger partial charge in [-0.05, 0) is 44.5 Å². The van der Waals surface area contributed by atoms with Crippen LogP contribution in [-0.2, 0) is 16.6 Å². The molecule has 0 heterocycles. The third kappa shape index (κ3) is 4.77. The number of ether oxygens (including phenoxy) is 1. The monoisotopic (exact) mass is 300 g/mol. The van der Waals surface area contributed by atoms with Crippen LogP contribution in [0.1, 0.15) is 32.8 Å². The SMILES string of the molecule is CCCNCc1ccc(OC)c(S(=O)(=O)NC(C)C)c1. The minimum absolute atomic E-state index is 0.161. The summed E-state index contributed by atoms with van der Waals surface area (Å²) in [7, 11) is -2.09. The van der Waals surface area contributed by atoms with Gasteiger partial charge in [-0.1, -0.05) is 13.0 Å². The molecule has 2 N–H and O–H groups in total. The highest BCUT2D eigenvalue weighted by atomic mass is 32.2. The zero-order valence-corrected chi connectivity index (χ0v) is 13.4. The van der Waals surface area contributed by atoms with Crippen LogP contribution >= 0.6 is 0 Å². The third-order valence-corrected chi connectivity index (χ3v) is 4.34. The van der Waals surface area contributed by atoms with Crippen LogP contribution in [0.15, 0.2) is 23.1 Å². The Kier molecular flexibility index (Phi) is 6.45. The molecule has 0 aromatic heterocycles. The standard InChI is InChI=1S/C14H24N2O3S/c1-5-8-15-10-12-6-7-13(19-4)14(9-12)20(17,18)16-11(2)3/h6-7,9,11,15-16H,5,8,10H2,1-4H3. The molecule has 6 heteroatoms. The average Bonchev–Trinajstić information content (AvgIpc) is 2.37. The van der Waals surface area contributed by atoms with Crippen LogP contribution in [0.25, 0.3) is 0 Å². The fourth-order valence-corrected chi connectivity index (χ4v) is 3.29. The van der Waals surface area contributed by atoms with Crippen molar-refractivity contribution in [3.8, 4) is 5.75 Å². The van der Waals surface area contributed by atoms with Crippen LogP contribution in [0.3, 0.4) is 0 Å². The number of methoxy groups -OCH3 is 1. The van der Waals surface area contributed by atoms with Crippen molar-refractivity contribution in [1.29, 1.82) is 0 Å². The largest absolute Gasteiger partial charge is 0.495 e. The van der Waals surface area contributed by atoms with E-state index in [1.807, 2.05) is 6.07 Å². The molecule has 0 atom stereocenters. The maximum atomic E-state index is 12.3. The summed E-state index contributed by atoms with van der Waals surface area (Å²) < 4.78 is 32.3. The van der Waals surface area contributed by atoms with Crippen LogP contribution in [0.2, 0.25) is 0 Å². The molecule has 0 fully saturated rings. The first-order valence-corrected chi connectivity index (χ1v) is 8.29. The molecule has 0 saturated heterocycles. The molecule has 0 aliphatic rings. The Balaban J connectivity index is 3.05. The summed E-state index contributed by atoms with van der Waals surface area (Å²) in [6.45, 7) is 7.21. The molecule has 5 nitrogen and oxygen atoms in total. The van der Waals surface area contributed by atoms with E-state index >= 15 is 0 Å². The maximum Gasteiger partial charge on any atom is 0.244 e. The second kappa shape index (κ2) is 7.61. The number of nitrogens with one attached hydrogen (secondary N) is 2. The van der Waals surface area contributed by atoms with Gasteiger partial charge in [-0.15, -0.1) is 0 Å². The number of sulfonamides is 1. The molecular formula is C14H24N2O3S. The van der Waals surface area contributed by atoms with E-state index in [2.05, 4.69) is 17.0 Å². The summed E-state index contributed by atoms with van der Waals surface area (Å²) in [5.74, 6) is 0.359. The quantitative estimate of drug-likeness (QED) is 0.719. The van der Waals surface area contributed by atoms with Gasteiger partial charge in [0.05, 0.1) is 7.11 Å². The van der Waals surface area contributed by atoms with Crippen molar-refractivity contribution in [2.45, 2.75) is 44.7 Å². The van der Waals surface area contributed by atoms with E-state index in [0.717, 1.165) is 18.5 Å². The van der Waals surface area contributed by atoms with Crippen molar-refractivity contribution in [3.05, 3.63) is 23.8 Å². The summed E-state index contributed by atoms with van der Waals surface area (Å²) >= 11 is 0. The lowest BCUT2D eigenvalue weighted by molar-refractivity contribution is 0.401. The van der Waals surface area contributed by atoms with E-state index in [0.29, 0.717) is 12.3 Å². The predicted molar refractivity (Wildman–Crippen MR) is 80.4 cm³/mol. The fourth-order valence-electron chi connectivity index (χ4n) is 1.82. The highest BCUT2D eigenvalue weighted by molar-refractivity contribution is 7.89. The predicted octanol–water partition coefficient (Wildman–Crippen LogP) is 1.88. The molecule has 0 spiro atoms. The number of benzene rings is 1. The highest BCUT2D eigenvalue weighted by Gasteiger charge is 2.20. The molecule has 0 radical (unpaired) electrons. The Morgan fingerprint density at radius 1 is 1.30 bits per heavy atom. The molecule has 1 aromatic rings. The van der Waals surface area contributed by atoms with Crippen molar-refractivity contribution < 1.29 is 13.2 Å². The van der Waals surface area contributed by atoms with Crippen LogP contribution in [0, 0.1) is 0 Å². The lowest BCUT2D eigenvalue weighted by atomic mass is 10.2. The second-order valence-corrected chi connectivity index (χ2v) is 6.62. The summed E-state index contributed by atoms with van der Waals surface area (Å²) in [6.07, 6.45) is 1.04. The zero-order chi connectivity index (χ0) is 15.2. The topological polar surface area (TPSA) is 67.4 Å². The highest BCUT2D eigenvalue weighted by Crippen LogP contribution is 2.25. The Hall–Kier alpha value is -1.11. The van der Waals surface area contributed by atoms with Crippen LogP contribution in [0.4, 0.5) is 0 Å². The Labute approximate surface area is 121 Å². The van der Waals surface area contributed by atoms with Crippen molar-refractivity contribution in [2.75, 3.05) is 13.7 Å². The summed E-state index contributed by atoms with van der Waals surface area (Å²) in [4.78, 5) is 0.185. The molecule has 1 rings (SSSR count). The van der Waals surface area contributed by atoms with Crippen molar-refractivity contribution in [3.63, 3.8) is 0 Å². The van der Waals surface area contributed by atoms with E-state index in [1.165, 1.54) is 7.11 Å². The van der Waals surface area contributed by atoms with Gasteiger partial charge < -0.3 is 10.1 Å². The number of hydrogen-bond acceptors (Lipinski definition) is 4. The number of rotatable bonds is 8. The lowest BCUT2D eigenvalue weighted by Gasteiger charge is -2.14. The first-order chi connectivity index (χ1) is 9.40. The van der Waals surface area contributed by atoms with Gasteiger partial charge in [0.1, 0.15) is 10.6 Å². The minimum atomic E-state index is -3.56. The van der Waals surface area contributed by atoms with Gasteiger partial charge in [0.2, 0.25) is 10.0 Å². The maximum absolute atomic E-state index is 12.3. The normalized spacial score (nSPS) is 11.8. The Bertz CT molecular complexity index is 527. The van der Waals surface area contributed by atoms with E-state index in [1.54, 1.807) is 26.0 Å². The molecule has 114 valence electrons. The molecule has 0 bridgehead atoms. The molecule has 0 saturated carbocycles. The summed E-state index contributed by atoms with van der Waals surface area (Å²) in [5.41, 5.74) is 0.920. The van der Waals surface area contributed by atoms with E-state index in [-0.39, 0.29) is 10.9 Å². The smallest absolute Gasteiger partial charge is 0.244 e. The molecule has 1 aromatic carbocycles. The Morgan fingerprint density at radius 2 is 2.00 bits per heavy atom. The minimum Gasteiger partial charge on any atom is -0.495 e. The van der Waals surface area contributed by atoms with E-state index in [9.17, 15) is 8.42 Å². The van der Waals surface area contributed by atoms with Gasteiger partial charge in [0.25, 0.3) is 0 Å². The molecule has 0 unspecified atom stereocenters. The lowest BCUT2D eigenvalue weighted by Crippen LogP contribution is -2.30. The third-order valence-electron chi connectivity index (χ3n) is 2.66. The molecule has 0 aliphatic heterocycles. The van der Waals surface area contributed by atoms with E-state index < -0.39 is 10.0 Å². The zero-order valence-electron chi connectivity index (χ0n) is 12.6. The summed E-state index contributed by atoms with van der Waals surface area (Å²) in [5, 5.41) is 3.25. The van der Waals surface area contributed by atoms with Gasteiger partial charge in [-0.25, -0.2) is 13.1 Å². The van der Waals surface area contributed by atoms with Crippen molar-refractivity contribution >= 4 is 10.0 Å². The summed E-state index contributed by atoms with van der Waals surface area (Å²) in [6, 6.07) is 5.06. The second-order valence-electron chi connectivity index (χ2n) is 4.94. The van der Waals surface area contributed by atoms with Gasteiger partial charge >= 0.3 is 0 Å². The fraction of sp³-hybridized carbons (Fsp3) is 0.571. The molecule has 0 aliphatic carbocycles. The van der Waals surface area contributed by atoms with Gasteiger partial charge in [0, 0.05) is 12.6 Å². The van der Waals surface area contributed by atoms with Gasteiger partial charge in [-0.2, -0.15) is 0 Å². The van der Waals surface area contributed by atoms with Crippen LogP contribution in [0.5, 0.6) is 5.75 Å².